The Morgan fingerprint density at radius 3 is 2.45 bits per heavy atom. The normalized spacial score (nSPS) is 20.3. The fraction of sp³-hybridized carbons (Fsp3) is 0.682. The van der Waals surface area contributed by atoms with Crippen molar-refractivity contribution in [1.29, 1.82) is 0 Å². The number of hydrogen-bond acceptors (Lipinski definition) is 4. The van der Waals surface area contributed by atoms with Gasteiger partial charge in [-0.25, -0.2) is 0 Å². The summed E-state index contributed by atoms with van der Waals surface area (Å²) < 4.78 is 11.7. The molecular formula is C22H37IN4O2. The summed E-state index contributed by atoms with van der Waals surface area (Å²) in [7, 11) is 4.33. The summed E-state index contributed by atoms with van der Waals surface area (Å²) in [5.41, 5.74) is 0.105. The summed E-state index contributed by atoms with van der Waals surface area (Å²) in [5.74, 6) is 2.00. The summed E-state index contributed by atoms with van der Waals surface area (Å²) in [4.78, 5) is 9.78. The van der Waals surface area contributed by atoms with Gasteiger partial charge in [0.15, 0.2) is 5.96 Å². The average Bonchev–Trinajstić information content (AvgIpc) is 2.73. The molecule has 6 nitrogen and oxygen atoms in total. The molecule has 2 aliphatic heterocycles. The SMILES string of the molecule is CCNC(=NCC1(N(C)C)CCOCC1)N1CCC(Oc2ccccc2)CC1.I. The topological polar surface area (TPSA) is 49.3 Å². The van der Waals surface area contributed by atoms with E-state index in [1.165, 1.54) is 0 Å². The largest absolute Gasteiger partial charge is 0.490 e. The molecule has 2 aliphatic rings. The second-order valence-corrected chi connectivity index (χ2v) is 8.02. The smallest absolute Gasteiger partial charge is 0.193 e. The molecule has 164 valence electrons. The number of rotatable bonds is 6. The molecule has 1 aromatic carbocycles. The minimum absolute atomic E-state index is 0. The van der Waals surface area contributed by atoms with Crippen LogP contribution in [0, 0.1) is 0 Å². The van der Waals surface area contributed by atoms with Crippen LogP contribution in [-0.2, 0) is 4.74 Å². The van der Waals surface area contributed by atoms with Crippen molar-refractivity contribution in [3.8, 4) is 5.75 Å². The summed E-state index contributed by atoms with van der Waals surface area (Å²) in [5, 5.41) is 3.50. The number of hydrogen-bond donors (Lipinski definition) is 1. The number of aliphatic imine (C=N–C) groups is 1. The molecule has 0 spiro atoms. The number of ether oxygens (including phenoxy) is 2. The number of nitrogens with zero attached hydrogens (tertiary/aromatic N) is 3. The first kappa shape index (κ1) is 24.2. The Morgan fingerprint density at radius 2 is 1.86 bits per heavy atom. The number of halogens is 1. The van der Waals surface area contributed by atoms with Crippen molar-refractivity contribution in [2.45, 2.75) is 44.2 Å². The van der Waals surface area contributed by atoms with Gasteiger partial charge in [-0.05, 0) is 46.0 Å². The van der Waals surface area contributed by atoms with Gasteiger partial charge in [0.05, 0.1) is 6.54 Å². The van der Waals surface area contributed by atoms with E-state index in [4.69, 9.17) is 14.5 Å². The van der Waals surface area contributed by atoms with Gasteiger partial charge in [-0.15, -0.1) is 24.0 Å². The van der Waals surface area contributed by atoms with Crippen LogP contribution in [0.15, 0.2) is 35.3 Å². The zero-order valence-corrected chi connectivity index (χ0v) is 20.4. The van der Waals surface area contributed by atoms with Crippen LogP contribution < -0.4 is 10.1 Å². The van der Waals surface area contributed by atoms with Crippen molar-refractivity contribution in [3.05, 3.63) is 30.3 Å². The number of guanidine groups is 1. The van der Waals surface area contributed by atoms with Crippen LogP contribution in [0.5, 0.6) is 5.75 Å². The highest BCUT2D eigenvalue weighted by molar-refractivity contribution is 14.0. The lowest BCUT2D eigenvalue weighted by atomic mass is 9.89. The molecule has 0 radical (unpaired) electrons. The molecule has 1 aromatic rings. The molecule has 0 amide bonds. The number of para-hydroxylation sites is 1. The summed E-state index contributed by atoms with van der Waals surface area (Å²) in [6.45, 7) is 7.43. The average molecular weight is 516 g/mol. The number of piperidine rings is 1. The van der Waals surface area contributed by atoms with Crippen molar-refractivity contribution in [1.82, 2.24) is 15.1 Å². The molecule has 0 saturated carbocycles. The van der Waals surface area contributed by atoms with Crippen LogP contribution in [0.3, 0.4) is 0 Å². The molecule has 0 aromatic heterocycles. The Labute approximate surface area is 193 Å². The second kappa shape index (κ2) is 12.0. The predicted molar refractivity (Wildman–Crippen MR) is 130 cm³/mol. The van der Waals surface area contributed by atoms with E-state index in [1.807, 2.05) is 30.3 Å². The van der Waals surface area contributed by atoms with Crippen LogP contribution >= 0.6 is 24.0 Å². The van der Waals surface area contributed by atoms with Gasteiger partial charge in [0.1, 0.15) is 11.9 Å². The minimum atomic E-state index is 0. The lowest BCUT2D eigenvalue weighted by molar-refractivity contribution is -0.00269. The lowest BCUT2D eigenvalue weighted by Crippen LogP contribution is -2.52. The first-order valence-electron chi connectivity index (χ1n) is 10.6. The summed E-state index contributed by atoms with van der Waals surface area (Å²) in [6, 6.07) is 10.1. The molecule has 0 unspecified atom stereocenters. The fourth-order valence-corrected chi connectivity index (χ4v) is 4.02. The second-order valence-electron chi connectivity index (χ2n) is 8.02. The zero-order chi connectivity index (χ0) is 19.8. The van der Waals surface area contributed by atoms with Gasteiger partial charge in [-0.3, -0.25) is 4.99 Å². The number of benzene rings is 1. The quantitative estimate of drug-likeness (QED) is 0.358. The van der Waals surface area contributed by atoms with Gasteiger partial charge >= 0.3 is 0 Å². The van der Waals surface area contributed by atoms with Crippen molar-refractivity contribution in [3.63, 3.8) is 0 Å². The van der Waals surface area contributed by atoms with Crippen molar-refractivity contribution in [2.75, 3.05) is 53.5 Å². The van der Waals surface area contributed by atoms with Crippen LogP contribution in [0.2, 0.25) is 0 Å². The van der Waals surface area contributed by atoms with Crippen molar-refractivity contribution >= 4 is 29.9 Å². The molecule has 2 fully saturated rings. The molecule has 3 rings (SSSR count). The Kier molecular flexibility index (Phi) is 9.98. The Balaban J connectivity index is 0.00000300. The highest BCUT2D eigenvalue weighted by atomic mass is 127. The summed E-state index contributed by atoms with van der Waals surface area (Å²) in [6.07, 6.45) is 4.40. The third kappa shape index (κ3) is 6.72. The molecule has 2 heterocycles. The van der Waals surface area contributed by atoms with Crippen LogP contribution in [0.25, 0.3) is 0 Å². The van der Waals surface area contributed by atoms with Gasteiger partial charge in [-0.2, -0.15) is 0 Å². The van der Waals surface area contributed by atoms with E-state index >= 15 is 0 Å². The highest BCUT2D eigenvalue weighted by Crippen LogP contribution is 2.26. The van der Waals surface area contributed by atoms with Crippen molar-refractivity contribution in [2.24, 2.45) is 4.99 Å². The third-order valence-corrected chi connectivity index (χ3v) is 6.02. The minimum Gasteiger partial charge on any atom is -0.490 e. The van der Waals surface area contributed by atoms with E-state index in [9.17, 15) is 0 Å². The van der Waals surface area contributed by atoms with Crippen LogP contribution in [0.1, 0.15) is 32.6 Å². The van der Waals surface area contributed by atoms with Gasteiger partial charge < -0.3 is 24.6 Å². The third-order valence-electron chi connectivity index (χ3n) is 6.02. The molecule has 0 bridgehead atoms. The van der Waals surface area contributed by atoms with E-state index < -0.39 is 0 Å². The molecule has 7 heteroatoms. The van der Waals surface area contributed by atoms with E-state index in [-0.39, 0.29) is 35.6 Å². The molecule has 0 aliphatic carbocycles. The van der Waals surface area contributed by atoms with Crippen LogP contribution in [0.4, 0.5) is 0 Å². The first-order chi connectivity index (χ1) is 13.6. The Morgan fingerprint density at radius 1 is 1.21 bits per heavy atom. The van der Waals surface area contributed by atoms with E-state index in [0.717, 1.165) is 76.8 Å². The lowest BCUT2D eigenvalue weighted by Gasteiger charge is -2.42. The number of nitrogens with one attached hydrogen (secondary N) is 1. The first-order valence-corrected chi connectivity index (χ1v) is 10.6. The van der Waals surface area contributed by atoms with Crippen molar-refractivity contribution < 1.29 is 9.47 Å². The van der Waals surface area contributed by atoms with Gasteiger partial charge in [-0.1, -0.05) is 18.2 Å². The molecule has 0 atom stereocenters. The molecule has 1 N–H and O–H groups in total. The zero-order valence-electron chi connectivity index (χ0n) is 18.1. The monoisotopic (exact) mass is 516 g/mol. The molecular weight excluding hydrogens is 479 g/mol. The summed E-state index contributed by atoms with van der Waals surface area (Å²) >= 11 is 0. The van der Waals surface area contributed by atoms with E-state index in [1.54, 1.807) is 0 Å². The molecule has 29 heavy (non-hydrogen) atoms. The van der Waals surface area contributed by atoms with E-state index in [0.29, 0.717) is 0 Å². The Hall–Kier alpha value is -1.06. The fourth-order valence-electron chi connectivity index (χ4n) is 4.02. The van der Waals surface area contributed by atoms with Crippen LogP contribution in [-0.4, -0.2) is 80.9 Å². The number of likely N-dealkylation sites (tertiary alicyclic amines) is 1. The highest BCUT2D eigenvalue weighted by Gasteiger charge is 2.35. The predicted octanol–water partition coefficient (Wildman–Crippen LogP) is 3.22. The van der Waals surface area contributed by atoms with Gasteiger partial charge in [0, 0.05) is 51.2 Å². The Bertz CT molecular complexity index is 612. The standard InChI is InChI=1S/C22H36N4O2.HI/c1-4-23-21(24-18-22(25(2)3)12-16-27-17-13-22)26-14-10-20(11-15-26)28-19-8-6-5-7-9-19;/h5-9,20H,4,10-18H2,1-3H3,(H,23,24);1H. The molecule has 2 saturated heterocycles. The van der Waals surface area contributed by atoms with Gasteiger partial charge in [0.25, 0.3) is 0 Å². The van der Waals surface area contributed by atoms with E-state index in [2.05, 4.69) is 36.1 Å². The maximum Gasteiger partial charge on any atom is 0.193 e. The number of likely N-dealkylation sites (N-methyl/N-ethyl adjacent to an activating group) is 1. The van der Waals surface area contributed by atoms with Gasteiger partial charge in [0.2, 0.25) is 0 Å². The maximum atomic E-state index is 6.14. The maximum absolute atomic E-state index is 6.14.